The summed E-state index contributed by atoms with van der Waals surface area (Å²) in [6.07, 6.45) is 13.1. The molecule has 48 valence electrons. The van der Waals surface area contributed by atoms with E-state index < -0.39 is 0 Å². The minimum absolute atomic E-state index is 1.05. The fraction of sp³-hybridized carbons (Fsp3) is 0.556. The van der Waals surface area contributed by atoms with Crippen molar-refractivity contribution in [2.45, 2.75) is 19.3 Å². The molecule has 9 heavy (non-hydrogen) atoms. The van der Waals surface area contributed by atoms with E-state index in [2.05, 4.69) is 24.3 Å². The van der Waals surface area contributed by atoms with E-state index in [0.29, 0.717) is 0 Å². The lowest BCUT2D eigenvalue weighted by molar-refractivity contribution is 0.715. The first kappa shape index (κ1) is 5.28. The van der Waals surface area contributed by atoms with Gasteiger partial charge in [-0.25, -0.2) is 0 Å². The summed E-state index contributed by atoms with van der Waals surface area (Å²) in [7, 11) is 0. The largest absolute Gasteiger partial charge is 0.0843 e. The van der Waals surface area contributed by atoms with E-state index in [4.69, 9.17) is 0 Å². The maximum absolute atomic E-state index is 2.29. The summed E-state index contributed by atoms with van der Waals surface area (Å²) in [5.41, 5.74) is 0. The van der Waals surface area contributed by atoms with Crippen molar-refractivity contribution < 1.29 is 0 Å². The van der Waals surface area contributed by atoms with Crippen LogP contribution in [0.15, 0.2) is 24.3 Å². The minimum Gasteiger partial charge on any atom is -0.0843 e. The van der Waals surface area contributed by atoms with Crippen LogP contribution in [0.1, 0.15) is 19.3 Å². The van der Waals surface area contributed by atoms with Gasteiger partial charge in [-0.2, -0.15) is 0 Å². The molecule has 1 fully saturated rings. The molecule has 0 nitrogen and oxygen atoms in total. The molecule has 0 aromatic heterocycles. The van der Waals surface area contributed by atoms with Gasteiger partial charge in [-0.05, 0) is 31.1 Å². The number of hydrogen-bond acceptors (Lipinski definition) is 0. The Kier molecular flexibility index (Phi) is 1.18. The average molecular weight is 120 g/mol. The third-order valence-corrected chi connectivity index (χ3v) is 2.33. The van der Waals surface area contributed by atoms with Gasteiger partial charge < -0.3 is 0 Å². The van der Waals surface area contributed by atoms with Crippen molar-refractivity contribution in [2.75, 3.05) is 0 Å². The van der Waals surface area contributed by atoms with Gasteiger partial charge >= 0.3 is 0 Å². The molecule has 2 rings (SSSR count). The van der Waals surface area contributed by atoms with E-state index in [-0.39, 0.29) is 0 Å². The zero-order valence-electron chi connectivity index (χ0n) is 5.59. The molecule has 2 aliphatic rings. The lowest BCUT2D eigenvalue weighted by atomic mass is 10.1. The zero-order chi connectivity index (χ0) is 6.10. The van der Waals surface area contributed by atoms with Gasteiger partial charge in [0.2, 0.25) is 0 Å². The van der Waals surface area contributed by atoms with Crippen LogP contribution >= 0.6 is 0 Å². The van der Waals surface area contributed by atoms with Crippen molar-refractivity contribution >= 4 is 0 Å². The van der Waals surface area contributed by atoms with Crippen LogP contribution in [-0.2, 0) is 0 Å². The molecule has 0 aliphatic heterocycles. The Bertz CT molecular complexity index is 135. The topological polar surface area (TPSA) is 0 Å². The Morgan fingerprint density at radius 1 is 0.889 bits per heavy atom. The Morgan fingerprint density at radius 2 is 1.44 bits per heavy atom. The fourth-order valence-corrected chi connectivity index (χ4v) is 1.55. The van der Waals surface area contributed by atoms with E-state index in [9.17, 15) is 0 Å². The highest BCUT2D eigenvalue weighted by molar-refractivity contribution is 5.09. The van der Waals surface area contributed by atoms with Gasteiger partial charge in [-0.1, -0.05) is 24.3 Å². The maximum atomic E-state index is 2.29. The molecule has 2 aliphatic carbocycles. The predicted molar refractivity (Wildman–Crippen MR) is 39.1 cm³/mol. The summed E-state index contributed by atoms with van der Waals surface area (Å²) < 4.78 is 0. The van der Waals surface area contributed by atoms with Crippen LogP contribution in [0.2, 0.25) is 0 Å². The second-order valence-electron chi connectivity index (χ2n) is 3.08. The number of allylic oxidation sites excluding steroid dienone is 4. The third kappa shape index (κ3) is 1.07. The average Bonchev–Trinajstić information content (AvgIpc) is 2.46. The summed E-state index contributed by atoms with van der Waals surface area (Å²) in [6.45, 7) is 0. The highest BCUT2D eigenvalue weighted by Crippen LogP contribution is 2.44. The molecular formula is C9H12. The molecule has 0 heteroatoms. The summed E-state index contributed by atoms with van der Waals surface area (Å²) in [5.74, 6) is 2.09. The SMILES string of the molecule is C1=CC[C@@H]2C[C@@H]2CC=C1. The fourth-order valence-electron chi connectivity index (χ4n) is 1.55. The zero-order valence-corrected chi connectivity index (χ0v) is 5.59. The van der Waals surface area contributed by atoms with E-state index >= 15 is 0 Å². The molecular weight excluding hydrogens is 108 g/mol. The molecule has 0 aromatic carbocycles. The van der Waals surface area contributed by atoms with E-state index in [1.54, 1.807) is 0 Å². The van der Waals surface area contributed by atoms with Crippen molar-refractivity contribution in [2.24, 2.45) is 11.8 Å². The van der Waals surface area contributed by atoms with Crippen molar-refractivity contribution in [3.05, 3.63) is 24.3 Å². The van der Waals surface area contributed by atoms with Gasteiger partial charge in [0.1, 0.15) is 0 Å². The third-order valence-electron chi connectivity index (χ3n) is 2.33. The summed E-state index contributed by atoms with van der Waals surface area (Å²) in [4.78, 5) is 0. The summed E-state index contributed by atoms with van der Waals surface area (Å²) in [5, 5.41) is 0. The van der Waals surface area contributed by atoms with Crippen molar-refractivity contribution in [3.63, 3.8) is 0 Å². The standard InChI is InChI=1S/C9H12/c1-2-4-6-9-7-8(9)5-3-1/h1-4,8-9H,5-7H2/t8-,9+. The molecule has 0 heterocycles. The molecule has 0 N–H and O–H groups in total. The molecule has 0 saturated heterocycles. The van der Waals surface area contributed by atoms with E-state index in [1.165, 1.54) is 19.3 Å². The Labute approximate surface area is 56.3 Å². The van der Waals surface area contributed by atoms with Gasteiger partial charge in [0.05, 0.1) is 0 Å². The number of fused-ring (bicyclic) bond motifs is 1. The smallest absolute Gasteiger partial charge is 0.0316 e. The first-order valence-corrected chi connectivity index (χ1v) is 3.78. The Hall–Kier alpha value is -0.520. The summed E-state index contributed by atoms with van der Waals surface area (Å²) >= 11 is 0. The summed E-state index contributed by atoms with van der Waals surface area (Å²) in [6, 6.07) is 0. The molecule has 2 atom stereocenters. The van der Waals surface area contributed by atoms with Crippen LogP contribution in [0, 0.1) is 11.8 Å². The first-order chi connectivity index (χ1) is 4.47. The molecule has 0 bridgehead atoms. The molecule has 1 saturated carbocycles. The van der Waals surface area contributed by atoms with E-state index in [1.807, 2.05) is 0 Å². The molecule has 0 spiro atoms. The highest BCUT2D eigenvalue weighted by atomic mass is 14.4. The van der Waals surface area contributed by atoms with Crippen molar-refractivity contribution in [1.82, 2.24) is 0 Å². The Morgan fingerprint density at radius 3 is 2.00 bits per heavy atom. The van der Waals surface area contributed by atoms with Gasteiger partial charge in [0.25, 0.3) is 0 Å². The minimum atomic E-state index is 1.05. The molecule has 0 unspecified atom stereocenters. The van der Waals surface area contributed by atoms with Gasteiger partial charge in [-0.3, -0.25) is 0 Å². The Balaban J connectivity index is 2.04. The predicted octanol–water partition coefficient (Wildman–Crippen LogP) is 2.53. The van der Waals surface area contributed by atoms with Crippen LogP contribution in [0.3, 0.4) is 0 Å². The highest BCUT2D eigenvalue weighted by Gasteiger charge is 2.34. The molecule has 0 amide bonds. The lowest BCUT2D eigenvalue weighted by Crippen LogP contribution is -1.80. The molecule has 0 aromatic rings. The van der Waals surface area contributed by atoms with Crippen LogP contribution < -0.4 is 0 Å². The van der Waals surface area contributed by atoms with Crippen LogP contribution in [-0.4, -0.2) is 0 Å². The molecule has 0 radical (unpaired) electrons. The number of rotatable bonds is 0. The second-order valence-corrected chi connectivity index (χ2v) is 3.08. The lowest BCUT2D eigenvalue weighted by Gasteiger charge is -1.93. The normalized spacial score (nSPS) is 39.1. The van der Waals surface area contributed by atoms with Crippen LogP contribution in [0.4, 0.5) is 0 Å². The first-order valence-electron chi connectivity index (χ1n) is 3.78. The van der Waals surface area contributed by atoms with E-state index in [0.717, 1.165) is 11.8 Å². The number of hydrogen-bond donors (Lipinski definition) is 0. The van der Waals surface area contributed by atoms with Gasteiger partial charge in [-0.15, -0.1) is 0 Å². The quantitative estimate of drug-likeness (QED) is 0.461. The van der Waals surface area contributed by atoms with Crippen LogP contribution in [0.5, 0.6) is 0 Å². The van der Waals surface area contributed by atoms with Crippen LogP contribution in [0.25, 0.3) is 0 Å². The second kappa shape index (κ2) is 2.02. The van der Waals surface area contributed by atoms with Crippen molar-refractivity contribution in [1.29, 1.82) is 0 Å². The van der Waals surface area contributed by atoms with Gasteiger partial charge in [0, 0.05) is 0 Å². The maximum Gasteiger partial charge on any atom is -0.0316 e. The monoisotopic (exact) mass is 120 g/mol. The van der Waals surface area contributed by atoms with Gasteiger partial charge in [0.15, 0.2) is 0 Å². The van der Waals surface area contributed by atoms with Crippen molar-refractivity contribution in [3.8, 4) is 0 Å².